The van der Waals surface area contributed by atoms with Crippen LogP contribution in [0.15, 0.2) is 0 Å². The van der Waals surface area contributed by atoms with Crippen LogP contribution in [-0.2, 0) is 28.6 Å². The molecule has 0 radical (unpaired) electrons. The molecule has 0 bridgehead atoms. The molecule has 290 valence electrons. The monoisotopic (exact) mass is 697 g/mol. The van der Waals surface area contributed by atoms with E-state index in [9.17, 15) is 14.4 Å². The van der Waals surface area contributed by atoms with E-state index in [-0.39, 0.29) is 36.7 Å². The minimum atomic E-state index is -0.0630. The molecular weight excluding hydrogens is 616 g/mol. The molecule has 1 amide bonds. The molecule has 0 saturated heterocycles. The number of carbonyl (C=O) groups excluding carboxylic acids is 3. The van der Waals surface area contributed by atoms with E-state index in [1.807, 2.05) is 0 Å². The molecule has 0 saturated carbocycles. The maximum atomic E-state index is 12.5. The van der Waals surface area contributed by atoms with Crippen LogP contribution < -0.4 is 5.32 Å². The average molecular weight is 697 g/mol. The van der Waals surface area contributed by atoms with Gasteiger partial charge in [0.15, 0.2) is 0 Å². The van der Waals surface area contributed by atoms with E-state index in [2.05, 4.69) is 37.9 Å². The first kappa shape index (κ1) is 47.3. The number of hydrogen-bond acceptors (Lipinski definition) is 7. The van der Waals surface area contributed by atoms with Gasteiger partial charge in [-0.25, -0.2) is 0 Å². The van der Waals surface area contributed by atoms with Gasteiger partial charge in [0.1, 0.15) is 18.8 Å². The highest BCUT2D eigenvalue weighted by Gasteiger charge is 2.14. The van der Waals surface area contributed by atoms with Crippen LogP contribution in [0, 0.1) is 0 Å². The van der Waals surface area contributed by atoms with Crippen molar-refractivity contribution in [2.75, 3.05) is 39.9 Å². The van der Waals surface area contributed by atoms with Crippen molar-refractivity contribution in [3.63, 3.8) is 0 Å². The minimum absolute atomic E-state index is 0.0143. The largest absolute Gasteiger partial charge is 0.462 e. The second-order valence-corrected chi connectivity index (χ2v) is 14.1. The minimum Gasteiger partial charge on any atom is -0.462 e. The maximum Gasteiger partial charge on any atom is 0.306 e. The van der Waals surface area contributed by atoms with Gasteiger partial charge in [-0.1, -0.05) is 111 Å². The summed E-state index contributed by atoms with van der Waals surface area (Å²) in [5.74, 6) is -0.105. The third-order valence-corrected chi connectivity index (χ3v) is 9.40. The van der Waals surface area contributed by atoms with Crippen molar-refractivity contribution >= 4 is 17.8 Å². The zero-order valence-corrected chi connectivity index (χ0v) is 33.0. The molecule has 0 spiro atoms. The van der Waals surface area contributed by atoms with Crippen molar-refractivity contribution in [1.29, 1.82) is 0 Å². The van der Waals surface area contributed by atoms with Crippen LogP contribution in [0.25, 0.3) is 0 Å². The third kappa shape index (κ3) is 32.0. The molecular formula is C41H80N2O6. The SMILES string of the molecule is CCCCCCC(CC)OC(=O)CCCCCCCN(CCCCCCCC(=O)OC(CCCC)CCCCC)CCCNC(=O)COC. The van der Waals surface area contributed by atoms with Gasteiger partial charge in [-0.15, -0.1) is 0 Å². The zero-order chi connectivity index (χ0) is 36.2. The molecule has 0 aliphatic heterocycles. The molecule has 0 aromatic carbocycles. The van der Waals surface area contributed by atoms with Crippen molar-refractivity contribution in [2.24, 2.45) is 0 Å². The lowest BCUT2D eigenvalue weighted by Gasteiger charge is -2.22. The Labute approximate surface area is 302 Å². The lowest BCUT2D eigenvalue weighted by Crippen LogP contribution is -2.32. The molecule has 2 unspecified atom stereocenters. The first-order valence-corrected chi connectivity index (χ1v) is 20.8. The van der Waals surface area contributed by atoms with Gasteiger partial charge >= 0.3 is 11.9 Å². The Morgan fingerprint density at radius 2 is 0.980 bits per heavy atom. The molecule has 0 aliphatic carbocycles. The van der Waals surface area contributed by atoms with Crippen LogP contribution in [0.2, 0.25) is 0 Å². The van der Waals surface area contributed by atoms with Crippen LogP contribution in [0.4, 0.5) is 0 Å². The fraction of sp³-hybridized carbons (Fsp3) is 0.927. The van der Waals surface area contributed by atoms with Crippen molar-refractivity contribution in [1.82, 2.24) is 10.2 Å². The Morgan fingerprint density at radius 1 is 0.531 bits per heavy atom. The molecule has 49 heavy (non-hydrogen) atoms. The molecule has 0 rings (SSSR count). The second-order valence-electron chi connectivity index (χ2n) is 14.1. The highest BCUT2D eigenvalue weighted by atomic mass is 16.5. The van der Waals surface area contributed by atoms with Crippen molar-refractivity contribution in [3.8, 4) is 0 Å². The predicted molar refractivity (Wildman–Crippen MR) is 204 cm³/mol. The van der Waals surface area contributed by atoms with E-state index < -0.39 is 0 Å². The van der Waals surface area contributed by atoms with Gasteiger partial charge in [-0.05, 0) is 90.3 Å². The predicted octanol–water partition coefficient (Wildman–Crippen LogP) is 10.1. The van der Waals surface area contributed by atoms with Gasteiger partial charge in [0, 0.05) is 26.5 Å². The van der Waals surface area contributed by atoms with Gasteiger partial charge in [0.05, 0.1) is 0 Å². The lowest BCUT2D eigenvalue weighted by molar-refractivity contribution is -0.150. The summed E-state index contributed by atoms with van der Waals surface area (Å²) in [4.78, 5) is 39.1. The Hall–Kier alpha value is -1.67. The summed E-state index contributed by atoms with van der Waals surface area (Å²) in [6.45, 7) is 12.6. The fourth-order valence-corrected chi connectivity index (χ4v) is 6.27. The normalized spacial score (nSPS) is 12.6. The first-order chi connectivity index (χ1) is 23.9. The third-order valence-electron chi connectivity index (χ3n) is 9.40. The fourth-order valence-electron chi connectivity index (χ4n) is 6.27. The number of rotatable bonds is 37. The number of nitrogens with one attached hydrogen (secondary N) is 1. The van der Waals surface area contributed by atoms with E-state index in [1.165, 1.54) is 52.1 Å². The smallest absolute Gasteiger partial charge is 0.306 e. The number of amides is 1. The summed E-state index contributed by atoms with van der Waals surface area (Å²) >= 11 is 0. The molecule has 0 heterocycles. The number of unbranched alkanes of at least 4 members (excludes halogenated alkanes) is 14. The molecule has 0 aromatic rings. The Kier molecular flexibility index (Phi) is 34.9. The van der Waals surface area contributed by atoms with Crippen molar-refractivity contribution in [2.45, 2.75) is 207 Å². The number of nitrogens with zero attached hydrogens (tertiary/aromatic N) is 1. The van der Waals surface area contributed by atoms with Crippen LogP contribution in [0.1, 0.15) is 195 Å². The molecule has 0 aliphatic rings. The number of hydrogen-bond donors (Lipinski definition) is 1. The van der Waals surface area contributed by atoms with Crippen LogP contribution in [0.3, 0.4) is 0 Å². The molecule has 2 atom stereocenters. The van der Waals surface area contributed by atoms with E-state index in [0.717, 1.165) is 129 Å². The van der Waals surface area contributed by atoms with Gasteiger partial charge < -0.3 is 24.4 Å². The van der Waals surface area contributed by atoms with E-state index in [0.29, 0.717) is 19.4 Å². The van der Waals surface area contributed by atoms with Crippen LogP contribution in [-0.4, -0.2) is 74.8 Å². The summed E-state index contributed by atoms with van der Waals surface area (Å²) in [6, 6.07) is 0. The molecule has 1 N–H and O–H groups in total. The average Bonchev–Trinajstić information content (AvgIpc) is 3.09. The zero-order valence-electron chi connectivity index (χ0n) is 33.0. The lowest BCUT2D eigenvalue weighted by atomic mass is 10.1. The Bertz CT molecular complexity index is 764. The van der Waals surface area contributed by atoms with E-state index in [1.54, 1.807) is 0 Å². The summed E-state index contributed by atoms with van der Waals surface area (Å²) in [5, 5.41) is 2.94. The number of ether oxygens (including phenoxy) is 3. The number of methoxy groups -OCH3 is 1. The number of carbonyl (C=O) groups is 3. The summed E-state index contributed by atoms with van der Waals surface area (Å²) in [7, 11) is 1.54. The highest BCUT2D eigenvalue weighted by Crippen LogP contribution is 2.17. The van der Waals surface area contributed by atoms with Crippen LogP contribution in [0.5, 0.6) is 0 Å². The van der Waals surface area contributed by atoms with Gasteiger partial charge in [0.2, 0.25) is 5.91 Å². The second kappa shape index (κ2) is 36.1. The van der Waals surface area contributed by atoms with Gasteiger partial charge in [0.25, 0.3) is 0 Å². The van der Waals surface area contributed by atoms with Gasteiger partial charge in [-0.3, -0.25) is 14.4 Å². The molecule has 0 aromatic heterocycles. The molecule has 0 fully saturated rings. The quantitative estimate of drug-likeness (QED) is 0.0510. The number of esters is 2. The first-order valence-electron chi connectivity index (χ1n) is 20.8. The summed E-state index contributed by atoms with van der Waals surface area (Å²) < 4.78 is 16.5. The van der Waals surface area contributed by atoms with Crippen molar-refractivity contribution < 1.29 is 28.6 Å². The van der Waals surface area contributed by atoms with Crippen LogP contribution >= 0.6 is 0 Å². The van der Waals surface area contributed by atoms with Gasteiger partial charge in [-0.2, -0.15) is 0 Å². The summed E-state index contributed by atoms with van der Waals surface area (Å²) in [5.41, 5.74) is 0. The van der Waals surface area contributed by atoms with E-state index >= 15 is 0 Å². The Balaban J connectivity index is 4.31. The molecule has 8 nitrogen and oxygen atoms in total. The summed E-state index contributed by atoms with van der Waals surface area (Å²) in [6.07, 6.45) is 27.6. The van der Waals surface area contributed by atoms with Crippen molar-refractivity contribution in [3.05, 3.63) is 0 Å². The topological polar surface area (TPSA) is 94.2 Å². The van der Waals surface area contributed by atoms with E-state index in [4.69, 9.17) is 14.2 Å². The maximum absolute atomic E-state index is 12.5. The standard InChI is InChI=1S/C41H80N2O6/c1-6-10-13-21-28-37(9-4)48-40(45)30-22-16-14-18-24-33-43(35-26-32-42-39(44)36-47-5)34-25-19-15-17-23-31-41(46)49-38(27-12-8-3)29-20-11-7-2/h37-38H,6-36H2,1-5H3,(H,42,44). The highest BCUT2D eigenvalue weighted by molar-refractivity contribution is 5.77. The molecule has 8 heteroatoms. The Morgan fingerprint density at radius 3 is 1.55 bits per heavy atom.